The van der Waals surface area contributed by atoms with E-state index < -0.39 is 0 Å². The predicted octanol–water partition coefficient (Wildman–Crippen LogP) is 3.40. The average Bonchev–Trinajstić information content (AvgIpc) is 2.41. The van der Waals surface area contributed by atoms with E-state index in [1.165, 1.54) is 19.3 Å². The van der Waals surface area contributed by atoms with Crippen LogP contribution >= 0.6 is 0 Å². The molecule has 2 N–H and O–H groups in total. The summed E-state index contributed by atoms with van der Waals surface area (Å²) in [5.41, 5.74) is 8.08. The molecule has 0 radical (unpaired) electrons. The number of halogens is 1. The first kappa shape index (κ1) is 14.5. The molecule has 1 fully saturated rings. The van der Waals surface area contributed by atoms with E-state index in [0.717, 1.165) is 18.4 Å². The fourth-order valence-electron chi connectivity index (χ4n) is 3.31. The van der Waals surface area contributed by atoms with Crippen LogP contribution in [0.2, 0.25) is 0 Å². The van der Waals surface area contributed by atoms with Gasteiger partial charge in [-0.3, -0.25) is 0 Å². The number of nitrogens with zero attached hydrogens (tertiary/aromatic N) is 1. The second kappa shape index (κ2) is 5.59. The van der Waals surface area contributed by atoms with E-state index in [-0.39, 0.29) is 17.4 Å². The molecule has 0 amide bonds. The van der Waals surface area contributed by atoms with Gasteiger partial charge in [-0.05, 0) is 51.1 Å². The molecule has 0 spiro atoms. The van der Waals surface area contributed by atoms with Crippen molar-refractivity contribution in [1.29, 1.82) is 0 Å². The van der Waals surface area contributed by atoms with Crippen molar-refractivity contribution in [3.8, 4) is 0 Å². The Kier molecular flexibility index (Phi) is 4.26. The van der Waals surface area contributed by atoms with Gasteiger partial charge < -0.3 is 10.6 Å². The van der Waals surface area contributed by atoms with Crippen LogP contribution < -0.4 is 5.73 Å². The Morgan fingerprint density at radius 3 is 2.37 bits per heavy atom. The third kappa shape index (κ3) is 2.67. The lowest BCUT2D eigenvalue weighted by Crippen LogP contribution is -2.53. The second-order valence-corrected chi connectivity index (χ2v) is 6.04. The summed E-state index contributed by atoms with van der Waals surface area (Å²) in [6, 6.07) is 5.29. The number of aryl methyl sites for hydroxylation is 1. The summed E-state index contributed by atoms with van der Waals surface area (Å²) >= 11 is 0. The summed E-state index contributed by atoms with van der Waals surface area (Å²) in [7, 11) is 4.19. The van der Waals surface area contributed by atoms with Crippen molar-refractivity contribution in [3.05, 3.63) is 35.1 Å². The highest BCUT2D eigenvalue weighted by molar-refractivity contribution is 5.28. The SMILES string of the molecule is Cc1ccc(C(N)C2(N(C)C)CCCCC2)cc1F. The van der Waals surface area contributed by atoms with Gasteiger partial charge in [0.1, 0.15) is 5.82 Å². The quantitative estimate of drug-likeness (QED) is 0.906. The van der Waals surface area contributed by atoms with Gasteiger partial charge in [0.15, 0.2) is 0 Å². The monoisotopic (exact) mass is 264 g/mol. The van der Waals surface area contributed by atoms with Crippen molar-refractivity contribution in [3.63, 3.8) is 0 Å². The van der Waals surface area contributed by atoms with Gasteiger partial charge in [-0.2, -0.15) is 0 Å². The first-order chi connectivity index (χ1) is 8.97. The Labute approximate surface area is 115 Å². The molecule has 1 atom stereocenters. The van der Waals surface area contributed by atoms with Gasteiger partial charge in [-0.25, -0.2) is 4.39 Å². The summed E-state index contributed by atoms with van der Waals surface area (Å²) in [6.45, 7) is 1.78. The maximum absolute atomic E-state index is 13.8. The summed E-state index contributed by atoms with van der Waals surface area (Å²) in [5.74, 6) is -0.155. The summed E-state index contributed by atoms with van der Waals surface area (Å²) in [6.07, 6.45) is 5.89. The Balaban J connectivity index is 2.33. The molecule has 3 heteroatoms. The van der Waals surface area contributed by atoms with Crippen molar-refractivity contribution < 1.29 is 4.39 Å². The highest BCUT2D eigenvalue weighted by Gasteiger charge is 2.40. The minimum atomic E-state index is -0.155. The molecule has 1 unspecified atom stereocenters. The smallest absolute Gasteiger partial charge is 0.126 e. The third-order valence-corrected chi connectivity index (χ3v) is 4.74. The third-order valence-electron chi connectivity index (χ3n) is 4.74. The van der Waals surface area contributed by atoms with E-state index in [9.17, 15) is 4.39 Å². The lowest BCUT2D eigenvalue weighted by molar-refractivity contribution is 0.0712. The second-order valence-electron chi connectivity index (χ2n) is 6.04. The zero-order valence-electron chi connectivity index (χ0n) is 12.2. The normalized spacial score (nSPS) is 20.5. The molecule has 0 saturated heterocycles. The van der Waals surface area contributed by atoms with Crippen LogP contribution in [0.15, 0.2) is 18.2 Å². The van der Waals surface area contributed by atoms with Crippen molar-refractivity contribution in [2.75, 3.05) is 14.1 Å². The fraction of sp³-hybridized carbons (Fsp3) is 0.625. The zero-order valence-corrected chi connectivity index (χ0v) is 12.2. The molecule has 0 heterocycles. The molecule has 2 nitrogen and oxygen atoms in total. The molecule has 0 aliphatic heterocycles. The Morgan fingerprint density at radius 2 is 1.84 bits per heavy atom. The highest BCUT2D eigenvalue weighted by atomic mass is 19.1. The minimum Gasteiger partial charge on any atom is -0.322 e. The van der Waals surface area contributed by atoms with E-state index in [1.54, 1.807) is 13.0 Å². The summed E-state index contributed by atoms with van der Waals surface area (Å²) < 4.78 is 13.8. The maximum atomic E-state index is 13.8. The number of benzene rings is 1. The fourth-order valence-corrected chi connectivity index (χ4v) is 3.31. The van der Waals surface area contributed by atoms with Gasteiger partial charge in [-0.15, -0.1) is 0 Å². The van der Waals surface area contributed by atoms with Crippen LogP contribution in [0, 0.1) is 12.7 Å². The molecule has 1 aliphatic rings. The van der Waals surface area contributed by atoms with Gasteiger partial charge in [0.2, 0.25) is 0 Å². The molecule has 106 valence electrons. The first-order valence-electron chi connectivity index (χ1n) is 7.16. The molecule has 1 aromatic rings. The zero-order chi connectivity index (χ0) is 14.0. The van der Waals surface area contributed by atoms with E-state index >= 15 is 0 Å². The number of likely N-dealkylation sites (N-methyl/N-ethyl adjacent to an activating group) is 1. The molecule has 0 bridgehead atoms. The van der Waals surface area contributed by atoms with E-state index in [1.807, 2.05) is 12.1 Å². The lowest BCUT2D eigenvalue weighted by atomic mass is 9.73. The van der Waals surface area contributed by atoms with Crippen LogP contribution in [0.5, 0.6) is 0 Å². The molecule has 0 aromatic heterocycles. The van der Waals surface area contributed by atoms with Crippen molar-refractivity contribution >= 4 is 0 Å². The van der Waals surface area contributed by atoms with Crippen molar-refractivity contribution in [2.24, 2.45) is 5.73 Å². The number of hydrogen-bond donors (Lipinski definition) is 1. The summed E-state index contributed by atoms with van der Waals surface area (Å²) in [5, 5.41) is 0. The topological polar surface area (TPSA) is 29.3 Å². The van der Waals surface area contributed by atoms with Crippen LogP contribution in [-0.2, 0) is 0 Å². The van der Waals surface area contributed by atoms with Gasteiger partial charge in [-0.1, -0.05) is 31.4 Å². The Hall–Kier alpha value is -0.930. The van der Waals surface area contributed by atoms with Crippen molar-refractivity contribution in [1.82, 2.24) is 4.90 Å². The largest absolute Gasteiger partial charge is 0.322 e. The van der Waals surface area contributed by atoms with Crippen LogP contribution in [0.25, 0.3) is 0 Å². The van der Waals surface area contributed by atoms with E-state index in [4.69, 9.17) is 5.73 Å². The molecule has 1 aliphatic carbocycles. The molecule has 1 aromatic carbocycles. The number of hydrogen-bond acceptors (Lipinski definition) is 2. The van der Waals surface area contributed by atoms with Gasteiger partial charge in [0.25, 0.3) is 0 Å². The average molecular weight is 264 g/mol. The lowest BCUT2D eigenvalue weighted by Gasteiger charge is -2.47. The molecule has 1 saturated carbocycles. The van der Waals surface area contributed by atoms with Gasteiger partial charge in [0, 0.05) is 11.6 Å². The summed E-state index contributed by atoms with van der Waals surface area (Å²) in [4.78, 5) is 2.24. The molecule has 19 heavy (non-hydrogen) atoms. The van der Waals surface area contributed by atoms with E-state index in [2.05, 4.69) is 19.0 Å². The standard InChI is InChI=1S/C16H25FN2/c1-12-7-8-13(11-14(12)17)15(18)16(19(2)3)9-5-4-6-10-16/h7-8,11,15H,4-6,9-10,18H2,1-3H3. The highest BCUT2D eigenvalue weighted by Crippen LogP contribution is 2.40. The van der Waals surface area contributed by atoms with Crippen LogP contribution in [-0.4, -0.2) is 24.5 Å². The van der Waals surface area contributed by atoms with Crippen LogP contribution in [0.1, 0.15) is 49.3 Å². The minimum absolute atomic E-state index is 0.0278. The number of rotatable bonds is 3. The van der Waals surface area contributed by atoms with Crippen LogP contribution in [0.3, 0.4) is 0 Å². The molecular weight excluding hydrogens is 239 g/mol. The first-order valence-corrected chi connectivity index (χ1v) is 7.16. The number of nitrogens with two attached hydrogens (primary N) is 1. The van der Waals surface area contributed by atoms with E-state index in [0.29, 0.717) is 5.56 Å². The van der Waals surface area contributed by atoms with Gasteiger partial charge >= 0.3 is 0 Å². The molecular formula is C16H25FN2. The van der Waals surface area contributed by atoms with Crippen molar-refractivity contribution in [2.45, 2.75) is 50.6 Å². The Morgan fingerprint density at radius 1 is 1.21 bits per heavy atom. The Bertz CT molecular complexity index is 436. The van der Waals surface area contributed by atoms with Gasteiger partial charge in [0.05, 0.1) is 0 Å². The van der Waals surface area contributed by atoms with Crippen LogP contribution in [0.4, 0.5) is 4.39 Å². The molecule has 2 rings (SSSR count). The predicted molar refractivity (Wildman–Crippen MR) is 77.6 cm³/mol. The maximum Gasteiger partial charge on any atom is 0.126 e.